The summed E-state index contributed by atoms with van der Waals surface area (Å²) >= 11 is 3.75. The van der Waals surface area contributed by atoms with E-state index in [4.69, 9.17) is 0 Å². The lowest BCUT2D eigenvalue weighted by Gasteiger charge is -1.99. The van der Waals surface area contributed by atoms with Crippen molar-refractivity contribution in [1.29, 1.82) is 0 Å². The van der Waals surface area contributed by atoms with Crippen LogP contribution in [0.5, 0.6) is 0 Å². The molecule has 0 saturated heterocycles. The van der Waals surface area contributed by atoms with Gasteiger partial charge in [0.15, 0.2) is 0 Å². The number of hydrogen-bond acceptors (Lipinski definition) is 2. The van der Waals surface area contributed by atoms with Gasteiger partial charge in [0, 0.05) is 19.2 Å². The molecule has 0 spiro atoms. The molecule has 5 aromatic carbocycles. The van der Waals surface area contributed by atoms with Crippen molar-refractivity contribution >= 4 is 67.1 Å². The lowest BCUT2D eigenvalue weighted by molar-refractivity contribution is 1.46. The number of benzene rings is 5. The van der Waals surface area contributed by atoms with Crippen LogP contribution < -0.4 is 0 Å². The second-order valence-corrected chi connectivity index (χ2v) is 13.0. The maximum atomic E-state index is 2.36. The van der Waals surface area contributed by atoms with Crippen molar-refractivity contribution < 1.29 is 0 Å². The highest BCUT2D eigenvalue weighted by atomic mass is 32.1. The predicted molar refractivity (Wildman–Crippen MR) is 188 cm³/mol. The molecule has 7 rings (SSSR count). The summed E-state index contributed by atoms with van der Waals surface area (Å²) in [4.78, 5) is 2.62. The van der Waals surface area contributed by atoms with Crippen LogP contribution in [-0.4, -0.2) is 0 Å². The Hall–Kier alpha value is -4.50. The second kappa shape index (κ2) is 11.4. The van der Waals surface area contributed by atoms with Gasteiger partial charge in [0.25, 0.3) is 0 Å². The highest BCUT2D eigenvalue weighted by Crippen LogP contribution is 2.40. The van der Waals surface area contributed by atoms with Crippen LogP contribution >= 0.6 is 22.7 Å². The Balaban J connectivity index is 1.08. The van der Waals surface area contributed by atoms with Crippen molar-refractivity contribution in [1.82, 2.24) is 0 Å². The van der Waals surface area contributed by atoms with Gasteiger partial charge in [0.2, 0.25) is 0 Å². The molecule has 0 saturated carbocycles. The number of aryl methyl sites for hydroxylation is 2. The molecular formula is C40H30S2. The summed E-state index contributed by atoms with van der Waals surface area (Å²) in [6.45, 7) is 4.24. The first-order valence-corrected chi connectivity index (χ1v) is 15.9. The molecule has 7 aromatic rings. The molecule has 42 heavy (non-hydrogen) atoms. The van der Waals surface area contributed by atoms with Crippen molar-refractivity contribution in [2.75, 3.05) is 0 Å². The first-order valence-electron chi connectivity index (χ1n) is 14.2. The van der Waals surface area contributed by atoms with Crippen LogP contribution in [0.1, 0.15) is 33.4 Å². The van der Waals surface area contributed by atoms with Gasteiger partial charge in [-0.05, 0) is 82.3 Å². The fourth-order valence-corrected chi connectivity index (χ4v) is 7.31. The molecule has 0 unspecified atom stereocenters. The van der Waals surface area contributed by atoms with Crippen LogP contribution in [0.25, 0.3) is 65.4 Å². The molecule has 0 radical (unpaired) electrons. The zero-order valence-corrected chi connectivity index (χ0v) is 25.3. The summed E-state index contributed by atoms with van der Waals surface area (Å²) in [7, 11) is 0. The Kier molecular flexibility index (Phi) is 7.17. The molecule has 0 aliphatic heterocycles. The van der Waals surface area contributed by atoms with Gasteiger partial charge in [-0.25, -0.2) is 0 Å². The summed E-state index contributed by atoms with van der Waals surface area (Å²) in [5, 5.41) is 2.63. The Morgan fingerprint density at radius 3 is 1.02 bits per heavy atom. The van der Waals surface area contributed by atoms with Gasteiger partial charge < -0.3 is 0 Å². The van der Waals surface area contributed by atoms with Gasteiger partial charge in [-0.1, -0.05) is 132 Å². The Morgan fingerprint density at radius 1 is 0.381 bits per heavy atom. The minimum atomic E-state index is 1.21. The maximum absolute atomic E-state index is 2.36. The minimum absolute atomic E-state index is 1.21. The van der Waals surface area contributed by atoms with E-state index < -0.39 is 0 Å². The van der Waals surface area contributed by atoms with Crippen LogP contribution in [0, 0.1) is 13.8 Å². The van der Waals surface area contributed by atoms with E-state index in [2.05, 4.69) is 159 Å². The third-order valence-corrected chi connectivity index (χ3v) is 9.93. The maximum Gasteiger partial charge on any atom is 0.0356 e. The standard InChI is InChI=1S/C40H30S2/c1-27-3-7-29(8-4-27)11-13-31-15-19-33(20-16-31)37-23-35-25-40-36(26-39(35)41-37)24-38(42-40)34-21-17-32(18-22-34)14-12-30-9-5-28(2)6-10-30/h3-26H,1-2H3/b13-11+,14-12+. The van der Waals surface area contributed by atoms with E-state index in [1.807, 2.05) is 22.7 Å². The number of rotatable bonds is 6. The smallest absolute Gasteiger partial charge is 0.0356 e. The van der Waals surface area contributed by atoms with E-state index in [1.165, 1.54) is 74.4 Å². The quantitative estimate of drug-likeness (QED) is 0.173. The van der Waals surface area contributed by atoms with Gasteiger partial charge in [-0.2, -0.15) is 0 Å². The Morgan fingerprint density at radius 2 is 0.690 bits per heavy atom. The molecule has 0 atom stereocenters. The van der Waals surface area contributed by atoms with Crippen LogP contribution in [-0.2, 0) is 0 Å². The molecule has 0 fully saturated rings. The monoisotopic (exact) mass is 574 g/mol. The van der Waals surface area contributed by atoms with E-state index in [9.17, 15) is 0 Å². The van der Waals surface area contributed by atoms with Crippen LogP contribution in [0.15, 0.2) is 121 Å². The number of hydrogen-bond donors (Lipinski definition) is 0. The molecule has 202 valence electrons. The molecule has 2 heteroatoms. The van der Waals surface area contributed by atoms with Crippen molar-refractivity contribution in [3.8, 4) is 20.9 Å². The van der Waals surface area contributed by atoms with Gasteiger partial charge in [0.1, 0.15) is 0 Å². The topological polar surface area (TPSA) is 0 Å². The van der Waals surface area contributed by atoms with E-state index in [0.717, 1.165) is 0 Å². The average molecular weight is 575 g/mol. The molecule has 0 aliphatic rings. The van der Waals surface area contributed by atoms with Crippen molar-refractivity contribution in [3.05, 3.63) is 155 Å². The summed E-state index contributed by atoms with van der Waals surface area (Å²) in [6.07, 6.45) is 8.71. The minimum Gasteiger partial charge on any atom is -0.135 e. The van der Waals surface area contributed by atoms with Gasteiger partial charge in [0.05, 0.1) is 0 Å². The van der Waals surface area contributed by atoms with E-state index in [0.29, 0.717) is 0 Å². The first-order chi connectivity index (χ1) is 20.6. The largest absolute Gasteiger partial charge is 0.135 e. The molecule has 0 bridgehead atoms. The number of thiophene rings is 2. The molecule has 2 aromatic heterocycles. The van der Waals surface area contributed by atoms with Crippen molar-refractivity contribution in [2.24, 2.45) is 0 Å². The van der Waals surface area contributed by atoms with Crippen molar-refractivity contribution in [3.63, 3.8) is 0 Å². The predicted octanol–water partition coefficient (Wildman–Crippen LogP) is 12.4. The second-order valence-electron chi connectivity index (χ2n) is 10.9. The van der Waals surface area contributed by atoms with Crippen molar-refractivity contribution in [2.45, 2.75) is 13.8 Å². The van der Waals surface area contributed by atoms with Gasteiger partial charge in [-0.15, -0.1) is 22.7 Å². The normalized spacial score (nSPS) is 11.9. The molecule has 0 aliphatic carbocycles. The third kappa shape index (κ3) is 5.78. The molecule has 0 N–H and O–H groups in total. The zero-order chi connectivity index (χ0) is 28.5. The SMILES string of the molecule is Cc1ccc(/C=C/c2ccc(-c3cc4cc5sc(-c6ccc(/C=C/c7ccc(C)cc7)cc6)cc5cc4s3)cc2)cc1. The first kappa shape index (κ1) is 26.4. The van der Waals surface area contributed by atoms with E-state index in [1.54, 1.807) is 0 Å². The molecule has 0 nitrogen and oxygen atoms in total. The third-order valence-electron chi connectivity index (χ3n) is 7.64. The molecular weight excluding hydrogens is 545 g/mol. The van der Waals surface area contributed by atoms with E-state index in [-0.39, 0.29) is 0 Å². The fraction of sp³-hybridized carbons (Fsp3) is 0.0500. The van der Waals surface area contributed by atoms with Crippen LogP contribution in [0.4, 0.5) is 0 Å². The Labute approximate surface area is 255 Å². The van der Waals surface area contributed by atoms with Gasteiger partial charge in [-0.3, -0.25) is 0 Å². The van der Waals surface area contributed by atoms with E-state index >= 15 is 0 Å². The highest BCUT2D eigenvalue weighted by molar-refractivity contribution is 7.23. The summed E-state index contributed by atoms with van der Waals surface area (Å²) in [5.41, 5.74) is 9.97. The fourth-order valence-electron chi connectivity index (χ4n) is 5.11. The lowest BCUT2D eigenvalue weighted by Crippen LogP contribution is -1.76. The van der Waals surface area contributed by atoms with Crippen LogP contribution in [0.2, 0.25) is 0 Å². The highest BCUT2D eigenvalue weighted by Gasteiger charge is 2.10. The summed E-state index contributed by atoms with van der Waals surface area (Å²) in [5.74, 6) is 0. The van der Waals surface area contributed by atoms with Crippen LogP contribution in [0.3, 0.4) is 0 Å². The zero-order valence-electron chi connectivity index (χ0n) is 23.7. The number of fused-ring (bicyclic) bond motifs is 2. The van der Waals surface area contributed by atoms with Gasteiger partial charge >= 0.3 is 0 Å². The Bertz CT molecular complexity index is 1850. The summed E-state index contributed by atoms with van der Waals surface area (Å²) < 4.78 is 2.67. The lowest BCUT2D eigenvalue weighted by atomic mass is 10.1. The average Bonchev–Trinajstić information content (AvgIpc) is 3.63. The molecule has 0 amide bonds. The molecule has 2 heterocycles. The summed E-state index contributed by atoms with van der Waals surface area (Å²) in [6, 6.07) is 44.4.